The van der Waals surface area contributed by atoms with Gasteiger partial charge in [0, 0.05) is 31.2 Å². The van der Waals surface area contributed by atoms with E-state index in [4.69, 9.17) is 4.74 Å². The van der Waals surface area contributed by atoms with Crippen molar-refractivity contribution in [1.82, 2.24) is 4.90 Å². The highest BCUT2D eigenvalue weighted by atomic mass is 16.5. The predicted octanol–water partition coefficient (Wildman–Crippen LogP) is 2.29. The van der Waals surface area contributed by atoms with Gasteiger partial charge in [-0.25, -0.2) is 0 Å². The van der Waals surface area contributed by atoms with Gasteiger partial charge in [-0.05, 0) is 38.6 Å². The Bertz CT molecular complexity index is 251. The van der Waals surface area contributed by atoms with Crippen molar-refractivity contribution in [2.75, 3.05) is 33.4 Å². The summed E-state index contributed by atoms with van der Waals surface area (Å²) in [5.74, 6) is 0.805. The van der Waals surface area contributed by atoms with Crippen LogP contribution in [0.1, 0.15) is 45.4 Å². The largest absolute Gasteiger partial charge is 0.396 e. The zero-order valence-electron chi connectivity index (χ0n) is 12.0. The lowest BCUT2D eigenvalue weighted by atomic mass is 9.78. The summed E-state index contributed by atoms with van der Waals surface area (Å²) in [5, 5.41) is 9.77. The summed E-state index contributed by atoms with van der Waals surface area (Å²) in [4.78, 5) is 2.52. The van der Waals surface area contributed by atoms with Gasteiger partial charge in [0.15, 0.2) is 0 Å². The minimum atomic E-state index is 0.0875. The lowest BCUT2D eigenvalue weighted by Gasteiger charge is -2.43. The Morgan fingerprint density at radius 1 is 1.22 bits per heavy atom. The summed E-state index contributed by atoms with van der Waals surface area (Å²) >= 11 is 0. The average Bonchev–Trinajstić information content (AvgIpc) is 2.40. The molecule has 2 aliphatic rings. The fraction of sp³-hybridized carbons (Fsp3) is 1.00. The Kier molecular flexibility index (Phi) is 5.05. The molecule has 0 aromatic carbocycles. The van der Waals surface area contributed by atoms with Crippen LogP contribution >= 0.6 is 0 Å². The second-order valence-electron chi connectivity index (χ2n) is 6.51. The van der Waals surface area contributed by atoms with E-state index >= 15 is 0 Å². The van der Waals surface area contributed by atoms with Crippen molar-refractivity contribution < 1.29 is 9.84 Å². The lowest BCUT2D eigenvalue weighted by molar-refractivity contribution is -0.0419. The molecule has 0 amide bonds. The van der Waals surface area contributed by atoms with Crippen LogP contribution in [0.4, 0.5) is 0 Å². The van der Waals surface area contributed by atoms with E-state index < -0.39 is 0 Å². The van der Waals surface area contributed by atoms with E-state index in [0.29, 0.717) is 12.6 Å². The van der Waals surface area contributed by atoms with Gasteiger partial charge >= 0.3 is 0 Å². The van der Waals surface area contributed by atoms with Gasteiger partial charge in [0.2, 0.25) is 0 Å². The molecule has 2 fully saturated rings. The standard InChI is InChI=1S/C15H29NO2/c1-13-5-3-4-6-14(13)16(2)11-15(12-17)7-9-18-10-8-15/h13-14,17H,3-12H2,1-2H3. The minimum absolute atomic E-state index is 0.0875. The quantitative estimate of drug-likeness (QED) is 0.836. The Labute approximate surface area is 112 Å². The lowest BCUT2D eigenvalue weighted by Crippen LogP contribution is -2.48. The van der Waals surface area contributed by atoms with Crippen LogP contribution < -0.4 is 0 Å². The molecule has 2 atom stereocenters. The summed E-state index contributed by atoms with van der Waals surface area (Å²) in [7, 11) is 2.25. The molecule has 0 radical (unpaired) electrons. The molecule has 3 heteroatoms. The molecule has 1 saturated heterocycles. The molecule has 0 bridgehead atoms. The van der Waals surface area contributed by atoms with Crippen molar-refractivity contribution in [2.45, 2.75) is 51.5 Å². The molecule has 1 aliphatic heterocycles. The summed E-state index contributed by atoms with van der Waals surface area (Å²) in [5.41, 5.74) is 0.0875. The highest BCUT2D eigenvalue weighted by Crippen LogP contribution is 2.34. The number of aliphatic hydroxyl groups is 1. The maximum atomic E-state index is 9.77. The molecule has 2 unspecified atom stereocenters. The molecule has 106 valence electrons. The summed E-state index contributed by atoms with van der Waals surface area (Å²) in [6.07, 6.45) is 7.48. The van der Waals surface area contributed by atoms with Crippen LogP contribution in [0, 0.1) is 11.3 Å². The van der Waals surface area contributed by atoms with Crippen molar-refractivity contribution in [3.05, 3.63) is 0 Å². The van der Waals surface area contributed by atoms with E-state index in [9.17, 15) is 5.11 Å². The van der Waals surface area contributed by atoms with Crippen LogP contribution in [0.5, 0.6) is 0 Å². The van der Waals surface area contributed by atoms with Crippen LogP contribution in [-0.4, -0.2) is 49.5 Å². The third kappa shape index (κ3) is 3.25. The third-order valence-electron chi connectivity index (χ3n) is 5.11. The smallest absolute Gasteiger partial charge is 0.0501 e. The molecule has 3 nitrogen and oxygen atoms in total. The molecule has 1 heterocycles. The molecule has 0 aromatic heterocycles. The maximum absolute atomic E-state index is 9.77. The molecule has 0 spiro atoms. The first-order valence-corrected chi connectivity index (χ1v) is 7.56. The van der Waals surface area contributed by atoms with E-state index in [1.54, 1.807) is 0 Å². The van der Waals surface area contributed by atoms with Gasteiger partial charge < -0.3 is 14.7 Å². The topological polar surface area (TPSA) is 32.7 Å². The van der Waals surface area contributed by atoms with Gasteiger partial charge in [-0.1, -0.05) is 19.8 Å². The first-order chi connectivity index (χ1) is 8.67. The zero-order valence-corrected chi connectivity index (χ0v) is 12.0. The second-order valence-corrected chi connectivity index (χ2v) is 6.51. The molecule has 18 heavy (non-hydrogen) atoms. The Hall–Kier alpha value is -0.120. The monoisotopic (exact) mass is 255 g/mol. The number of hydrogen-bond acceptors (Lipinski definition) is 3. The van der Waals surface area contributed by atoms with Crippen molar-refractivity contribution in [3.8, 4) is 0 Å². The molecule has 1 aliphatic carbocycles. The highest BCUT2D eigenvalue weighted by Gasteiger charge is 2.36. The number of rotatable bonds is 4. The van der Waals surface area contributed by atoms with Crippen molar-refractivity contribution in [3.63, 3.8) is 0 Å². The average molecular weight is 255 g/mol. The van der Waals surface area contributed by atoms with Crippen molar-refractivity contribution >= 4 is 0 Å². The molecular weight excluding hydrogens is 226 g/mol. The van der Waals surface area contributed by atoms with E-state index in [0.717, 1.165) is 38.5 Å². The number of hydrogen-bond donors (Lipinski definition) is 1. The SMILES string of the molecule is CC1CCCCC1N(C)CC1(CO)CCOCC1. The Morgan fingerprint density at radius 2 is 1.89 bits per heavy atom. The van der Waals surface area contributed by atoms with Crippen LogP contribution in [0.15, 0.2) is 0 Å². The Morgan fingerprint density at radius 3 is 2.50 bits per heavy atom. The third-order valence-corrected chi connectivity index (χ3v) is 5.11. The molecular formula is C15H29NO2. The van der Waals surface area contributed by atoms with E-state index in [1.165, 1.54) is 25.7 Å². The van der Waals surface area contributed by atoms with Gasteiger partial charge in [-0.2, -0.15) is 0 Å². The molecule has 1 saturated carbocycles. The van der Waals surface area contributed by atoms with E-state index in [1.807, 2.05) is 0 Å². The number of nitrogens with zero attached hydrogens (tertiary/aromatic N) is 1. The van der Waals surface area contributed by atoms with Crippen LogP contribution in [0.25, 0.3) is 0 Å². The first kappa shape index (κ1) is 14.3. The van der Waals surface area contributed by atoms with Gasteiger partial charge in [-0.15, -0.1) is 0 Å². The summed E-state index contributed by atoms with van der Waals surface area (Å²) in [6, 6.07) is 0.713. The van der Waals surface area contributed by atoms with Gasteiger partial charge in [-0.3, -0.25) is 0 Å². The van der Waals surface area contributed by atoms with E-state index in [2.05, 4.69) is 18.9 Å². The van der Waals surface area contributed by atoms with Crippen molar-refractivity contribution in [2.24, 2.45) is 11.3 Å². The minimum Gasteiger partial charge on any atom is -0.396 e. The zero-order chi connectivity index (χ0) is 13.0. The predicted molar refractivity (Wildman–Crippen MR) is 73.6 cm³/mol. The van der Waals surface area contributed by atoms with Crippen LogP contribution in [0.3, 0.4) is 0 Å². The second kappa shape index (κ2) is 6.36. The fourth-order valence-corrected chi connectivity index (χ4v) is 3.77. The summed E-state index contributed by atoms with van der Waals surface area (Å²) in [6.45, 7) is 5.35. The normalized spacial score (nSPS) is 32.7. The van der Waals surface area contributed by atoms with Crippen LogP contribution in [0.2, 0.25) is 0 Å². The van der Waals surface area contributed by atoms with Gasteiger partial charge in [0.1, 0.15) is 0 Å². The van der Waals surface area contributed by atoms with Crippen molar-refractivity contribution in [1.29, 1.82) is 0 Å². The maximum Gasteiger partial charge on any atom is 0.0501 e. The fourth-order valence-electron chi connectivity index (χ4n) is 3.77. The molecule has 0 aromatic rings. The first-order valence-electron chi connectivity index (χ1n) is 7.56. The molecule has 1 N–H and O–H groups in total. The van der Waals surface area contributed by atoms with Gasteiger partial charge in [0.25, 0.3) is 0 Å². The van der Waals surface area contributed by atoms with Gasteiger partial charge in [0.05, 0.1) is 6.61 Å². The summed E-state index contributed by atoms with van der Waals surface area (Å²) < 4.78 is 5.45. The van der Waals surface area contributed by atoms with E-state index in [-0.39, 0.29) is 5.41 Å². The Balaban J connectivity index is 1.93. The highest BCUT2D eigenvalue weighted by molar-refractivity contribution is 4.88. The van der Waals surface area contributed by atoms with Crippen LogP contribution in [-0.2, 0) is 4.74 Å². The number of aliphatic hydroxyl groups excluding tert-OH is 1. The number of ether oxygens (including phenoxy) is 1. The molecule has 2 rings (SSSR count).